The number of hydrogen-bond acceptors (Lipinski definition) is 1. The molecule has 1 aliphatic rings. The monoisotopic (exact) mass is 200 g/mol. The van der Waals surface area contributed by atoms with Gasteiger partial charge in [-0.3, -0.25) is 0 Å². The van der Waals surface area contributed by atoms with Crippen LogP contribution in [0, 0.1) is 5.92 Å². The molecule has 0 aromatic carbocycles. The van der Waals surface area contributed by atoms with Gasteiger partial charge in [0.1, 0.15) is 0 Å². The van der Waals surface area contributed by atoms with Crippen molar-refractivity contribution >= 4 is 22.9 Å². The summed E-state index contributed by atoms with van der Waals surface area (Å²) in [5, 5.41) is 4.86. The Labute approximate surface area is 82.6 Å². The lowest BCUT2D eigenvalue weighted by molar-refractivity contribution is 0.548. The van der Waals surface area contributed by atoms with Gasteiger partial charge in [-0.15, -0.1) is 11.6 Å². The van der Waals surface area contributed by atoms with Gasteiger partial charge in [-0.2, -0.15) is 11.3 Å². The van der Waals surface area contributed by atoms with Crippen LogP contribution in [0.2, 0.25) is 0 Å². The van der Waals surface area contributed by atoms with Crippen molar-refractivity contribution in [3.05, 3.63) is 22.4 Å². The molecule has 1 heterocycles. The highest BCUT2D eigenvalue weighted by atomic mass is 35.5. The first-order chi connectivity index (χ1) is 5.84. The minimum absolute atomic E-state index is 0.452. The maximum absolute atomic E-state index is 6.05. The molecular weight excluding hydrogens is 188 g/mol. The first-order valence-electron chi connectivity index (χ1n) is 4.50. The van der Waals surface area contributed by atoms with Crippen molar-refractivity contribution < 1.29 is 0 Å². The highest BCUT2D eigenvalue weighted by Gasteiger charge is 2.22. The zero-order chi connectivity index (χ0) is 8.39. The number of rotatable bonds is 2. The fourth-order valence-electron chi connectivity index (χ4n) is 1.94. The van der Waals surface area contributed by atoms with E-state index in [1.807, 2.05) is 0 Å². The van der Waals surface area contributed by atoms with Gasteiger partial charge in [-0.1, -0.05) is 0 Å². The van der Waals surface area contributed by atoms with E-state index < -0.39 is 0 Å². The van der Waals surface area contributed by atoms with Crippen LogP contribution in [0.15, 0.2) is 16.8 Å². The summed E-state index contributed by atoms with van der Waals surface area (Å²) in [5.41, 5.74) is 1.50. The predicted octanol–water partition coefficient (Wildman–Crippen LogP) is 3.70. The first-order valence-corrected chi connectivity index (χ1v) is 5.87. The van der Waals surface area contributed by atoms with Crippen LogP contribution in [0.4, 0.5) is 0 Å². The molecule has 66 valence electrons. The topological polar surface area (TPSA) is 0 Å². The lowest BCUT2D eigenvalue weighted by atomic mass is 10.0. The standard InChI is InChI=1S/C10H13ClS/c11-10-2-1-8(6-10)5-9-3-4-12-7-9/h3-4,7-8,10H,1-2,5-6H2. The zero-order valence-electron chi connectivity index (χ0n) is 7.00. The molecule has 2 rings (SSSR count). The molecule has 12 heavy (non-hydrogen) atoms. The molecule has 0 amide bonds. The molecule has 0 bridgehead atoms. The fourth-order valence-corrected chi connectivity index (χ4v) is 3.00. The average molecular weight is 201 g/mol. The van der Waals surface area contributed by atoms with Gasteiger partial charge in [0.2, 0.25) is 0 Å². The molecule has 0 nitrogen and oxygen atoms in total. The van der Waals surface area contributed by atoms with Crippen LogP contribution < -0.4 is 0 Å². The third kappa shape index (κ3) is 2.02. The summed E-state index contributed by atoms with van der Waals surface area (Å²) in [6.07, 6.45) is 5.00. The molecule has 1 saturated carbocycles. The largest absolute Gasteiger partial charge is 0.152 e. The second-order valence-electron chi connectivity index (χ2n) is 3.61. The van der Waals surface area contributed by atoms with E-state index in [-0.39, 0.29) is 0 Å². The normalized spacial score (nSPS) is 29.4. The van der Waals surface area contributed by atoms with Gasteiger partial charge in [-0.25, -0.2) is 0 Å². The van der Waals surface area contributed by atoms with E-state index in [0.717, 1.165) is 5.92 Å². The molecule has 0 aliphatic heterocycles. The van der Waals surface area contributed by atoms with E-state index in [1.54, 1.807) is 11.3 Å². The second-order valence-corrected chi connectivity index (χ2v) is 5.01. The molecule has 1 aromatic rings. The molecule has 2 atom stereocenters. The Kier molecular flexibility index (Phi) is 2.72. The minimum atomic E-state index is 0.452. The molecule has 1 aromatic heterocycles. The number of hydrogen-bond donors (Lipinski definition) is 0. The van der Waals surface area contributed by atoms with Gasteiger partial charge in [0.15, 0.2) is 0 Å². The summed E-state index contributed by atoms with van der Waals surface area (Å²) in [7, 11) is 0. The minimum Gasteiger partial charge on any atom is -0.152 e. The Hall–Kier alpha value is -0.0100. The van der Waals surface area contributed by atoms with Crippen LogP contribution >= 0.6 is 22.9 Å². The smallest absolute Gasteiger partial charge is 0.0338 e. The summed E-state index contributed by atoms with van der Waals surface area (Å²) in [6.45, 7) is 0. The van der Waals surface area contributed by atoms with Crippen LogP contribution in [0.25, 0.3) is 0 Å². The third-order valence-electron chi connectivity index (χ3n) is 2.58. The SMILES string of the molecule is ClC1CCC(Cc2ccsc2)C1. The van der Waals surface area contributed by atoms with Crippen LogP contribution in [0.5, 0.6) is 0 Å². The maximum atomic E-state index is 6.05. The van der Waals surface area contributed by atoms with Gasteiger partial charge in [0.05, 0.1) is 0 Å². The maximum Gasteiger partial charge on any atom is 0.0338 e. The molecule has 0 radical (unpaired) electrons. The second kappa shape index (κ2) is 3.80. The van der Waals surface area contributed by atoms with Crippen LogP contribution in [0.3, 0.4) is 0 Å². The number of thiophene rings is 1. The van der Waals surface area contributed by atoms with Crippen molar-refractivity contribution in [1.82, 2.24) is 0 Å². The molecule has 1 aliphatic carbocycles. The predicted molar refractivity (Wildman–Crippen MR) is 55.0 cm³/mol. The molecule has 2 unspecified atom stereocenters. The van der Waals surface area contributed by atoms with Crippen LogP contribution in [-0.2, 0) is 6.42 Å². The quantitative estimate of drug-likeness (QED) is 0.639. The van der Waals surface area contributed by atoms with E-state index in [4.69, 9.17) is 11.6 Å². The van der Waals surface area contributed by atoms with Crippen molar-refractivity contribution in [1.29, 1.82) is 0 Å². The first kappa shape index (κ1) is 8.58. The van der Waals surface area contributed by atoms with Crippen molar-refractivity contribution in [2.45, 2.75) is 31.1 Å². The van der Waals surface area contributed by atoms with Gasteiger partial charge in [0.25, 0.3) is 0 Å². The van der Waals surface area contributed by atoms with Crippen molar-refractivity contribution in [2.24, 2.45) is 5.92 Å². The Morgan fingerprint density at radius 1 is 1.50 bits per heavy atom. The highest BCUT2D eigenvalue weighted by Crippen LogP contribution is 2.32. The van der Waals surface area contributed by atoms with E-state index in [1.165, 1.54) is 31.2 Å². The summed E-state index contributed by atoms with van der Waals surface area (Å²) in [4.78, 5) is 0. The van der Waals surface area contributed by atoms with Crippen LogP contribution in [-0.4, -0.2) is 5.38 Å². The van der Waals surface area contributed by atoms with Crippen molar-refractivity contribution in [3.8, 4) is 0 Å². The molecule has 2 heteroatoms. The van der Waals surface area contributed by atoms with Crippen LogP contribution in [0.1, 0.15) is 24.8 Å². The number of halogens is 1. The van der Waals surface area contributed by atoms with Gasteiger partial charge >= 0.3 is 0 Å². The lowest BCUT2D eigenvalue weighted by Crippen LogP contribution is -1.98. The molecule has 0 N–H and O–H groups in total. The summed E-state index contributed by atoms with van der Waals surface area (Å²) >= 11 is 7.84. The van der Waals surface area contributed by atoms with Gasteiger partial charge in [0, 0.05) is 5.38 Å². The summed E-state index contributed by atoms with van der Waals surface area (Å²) in [6, 6.07) is 2.23. The Morgan fingerprint density at radius 2 is 2.42 bits per heavy atom. The lowest BCUT2D eigenvalue weighted by Gasteiger charge is -2.06. The molecule has 1 fully saturated rings. The van der Waals surface area contributed by atoms with E-state index in [0.29, 0.717) is 5.38 Å². The van der Waals surface area contributed by atoms with E-state index in [9.17, 15) is 0 Å². The molecule has 0 spiro atoms. The van der Waals surface area contributed by atoms with Gasteiger partial charge < -0.3 is 0 Å². The number of alkyl halides is 1. The Balaban J connectivity index is 1.88. The summed E-state index contributed by atoms with van der Waals surface area (Å²) < 4.78 is 0. The third-order valence-corrected chi connectivity index (χ3v) is 3.71. The van der Waals surface area contributed by atoms with E-state index >= 15 is 0 Å². The fraction of sp³-hybridized carbons (Fsp3) is 0.600. The van der Waals surface area contributed by atoms with Crippen molar-refractivity contribution in [3.63, 3.8) is 0 Å². The Bertz CT molecular complexity index is 230. The summed E-state index contributed by atoms with van der Waals surface area (Å²) in [5.74, 6) is 0.849. The van der Waals surface area contributed by atoms with Crippen molar-refractivity contribution in [2.75, 3.05) is 0 Å². The van der Waals surface area contributed by atoms with Gasteiger partial charge in [-0.05, 0) is 54.0 Å². The average Bonchev–Trinajstić information content (AvgIpc) is 2.63. The highest BCUT2D eigenvalue weighted by molar-refractivity contribution is 7.07. The van der Waals surface area contributed by atoms with E-state index in [2.05, 4.69) is 16.8 Å². The zero-order valence-corrected chi connectivity index (χ0v) is 8.57. The Morgan fingerprint density at radius 3 is 3.00 bits per heavy atom. The molecular formula is C10H13ClS. The molecule has 0 saturated heterocycles.